The molecule has 0 spiro atoms. The van der Waals surface area contributed by atoms with Crippen LogP contribution in [0.1, 0.15) is 30.1 Å². The zero-order valence-electron chi connectivity index (χ0n) is 10.8. The lowest BCUT2D eigenvalue weighted by atomic mass is 10.1. The summed E-state index contributed by atoms with van der Waals surface area (Å²) >= 11 is 1.91. The Labute approximate surface area is 112 Å². The predicted molar refractivity (Wildman–Crippen MR) is 74.0 cm³/mol. The first kappa shape index (κ1) is 13.3. The van der Waals surface area contributed by atoms with Gasteiger partial charge in [-0.1, -0.05) is 6.07 Å². The molecular weight excluding hydrogens is 248 g/mol. The van der Waals surface area contributed by atoms with Gasteiger partial charge in [0.1, 0.15) is 6.10 Å². The molecule has 1 aromatic rings. The van der Waals surface area contributed by atoms with Gasteiger partial charge >= 0.3 is 0 Å². The maximum absolute atomic E-state index is 11.5. The summed E-state index contributed by atoms with van der Waals surface area (Å²) in [7, 11) is 1.57. The molecule has 0 radical (unpaired) electrons. The molecule has 0 bridgehead atoms. The number of ether oxygens (including phenoxy) is 2. The van der Waals surface area contributed by atoms with E-state index in [-0.39, 0.29) is 11.9 Å². The molecule has 4 heteroatoms. The van der Waals surface area contributed by atoms with Gasteiger partial charge in [0.2, 0.25) is 0 Å². The van der Waals surface area contributed by atoms with Crippen molar-refractivity contribution in [2.24, 2.45) is 0 Å². The van der Waals surface area contributed by atoms with Crippen LogP contribution in [0.15, 0.2) is 18.2 Å². The molecule has 1 unspecified atom stereocenters. The minimum Gasteiger partial charge on any atom is -0.492 e. The van der Waals surface area contributed by atoms with Crippen LogP contribution in [-0.2, 0) is 0 Å². The summed E-state index contributed by atoms with van der Waals surface area (Å²) in [4.78, 5) is 11.5. The largest absolute Gasteiger partial charge is 0.492 e. The molecule has 1 atom stereocenters. The van der Waals surface area contributed by atoms with Crippen molar-refractivity contribution < 1.29 is 14.3 Å². The molecule has 1 aliphatic rings. The second-order valence-electron chi connectivity index (χ2n) is 4.35. The Kier molecular flexibility index (Phi) is 4.53. The van der Waals surface area contributed by atoms with Crippen molar-refractivity contribution in [1.82, 2.24) is 0 Å². The van der Waals surface area contributed by atoms with Crippen LogP contribution < -0.4 is 9.47 Å². The highest BCUT2D eigenvalue weighted by molar-refractivity contribution is 7.99. The molecular formula is C14H18O3S. The number of rotatable bonds is 4. The van der Waals surface area contributed by atoms with Crippen molar-refractivity contribution in [1.29, 1.82) is 0 Å². The van der Waals surface area contributed by atoms with E-state index in [4.69, 9.17) is 9.47 Å². The number of carbonyl (C=O) groups is 1. The minimum absolute atomic E-state index is 0.00433. The Morgan fingerprint density at radius 2 is 2.28 bits per heavy atom. The zero-order chi connectivity index (χ0) is 13.0. The van der Waals surface area contributed by atoms with Crippen molar-refractivity contribution in [3.63, 3.8) is 0 Å². The van der Waals surface area contributed by atoms with Gasteiger partial charge in [0.25, 0.3) is 0 Å². The molecule has 1 heterocycles. The van der Waals surface area contributed by atoms with E-state index in [0.717, 1.165) is 12.2 Å². The number of methoxy groups -OCH3 is 1. The molecule has 1 aromatic carbocycles. The van der Waals surface area contributed by atoms with E-state index in [1.54, 1.807) is 13.2 Å². The van der Waals surface area contributed by atoms with Gasteiger partial charge in [-0.05, 0) is 37.7 Å². The van der Waals surface area contributed by atoms with Crippen LogP contribution in [0, 0.1) is 0 Å². The molecule has 98 valence electrons. The zero-order valence-corrected chi connectivity index (χ0v) is 11.6. The Balaban J connectivity index is 2.20. The summed E-state index contributed by atoms with van der Waals surface area (Å²) in [5.74, 6) is 3.45. The predicted octanol–water partition coefficient (Wildman–Crippen LogP) is 3.17. The lowest BCUT2D eigenvalue weighted by molar-refractivity contribution is 0.101. The summed E-state index contributed by atoms with van der Waals surface area (Å²) in [5, 5.41) is 0. The lowest BCUT2D eigenvalue weighted by Crippen LogP contribution is -2.23. The highest BCUT2D eigenvalue weighted by atomic mass is 32.2. The highest BCUT2D eigenvalue weighted by Gasteiger charge is 2.19. The summed E-state index contributed by atoms with van der Waals surface area (Å²) in [6.45, 7) is 1.54. The molecule has 0 aliphatic carbocycles. The van der Waals surface area contributed by atoms with Crippen LogP contribution in [0.25, 0.3) is 0 Å². The van der Waals surface area contributed by atoms with Crippen molar-refractivity contribution in [3.8, 4) is 11.5 Å². The number of thioether (sulfide) groups is 1. The lowest BCUT2D eigenvalue weighted by Gasteiger charge is -2.24. The van der Waals surface area contributed by atoms with Gasteiger partial charge in [-0.3, -0.25) is 4.79 Å². The molecule has 1 saturated heterocycles. The van der Waals surface area contributed by atoms with Crippen LogP contribution in [0.4, 0.5) is 0 Å². The maximum Gasteiger partial charge on any atom is 0.171 e. The Hall–Kier alpha value is -1.16. The van der Waals surface area contributed by atoms with E-state index < -0.39 is 0 Å². The molecule has 0 N–H and O–H groups in total. The van der Waals surface area contributed by atoms with Crippen molar-refractivity contribution in [2.75, 3.05) is 18.6 Å². The number of Topliss-reactive ketones (excluding diaryl/α,β-unsaturated/α-hetero) is 1. The minimum atomic E-state index is -0.00433. The van der Waals surface area contributed by atoms with Crippen LogP contribution in [0.3, 0.4) is 0 Å². The van der Waals surface area contributed by atoms with Gasteiger partial charge in [0.15, 0.2) is 17.3 Å². The normalized spacial score (nSPS) is 19.3. The fraction of sp³-hybridized carbons (Fsp3) is 0.500. The molecule has 2 rings (SSSR count). The fourth-order valence-corrected chi connectivity index (χ4v) is 3.12. The van der Waals surface area contributed by atoms with Crippen molar-refractivity contribution in [3.05, 3.63) is 23.8 Å². The maximum atomic E-state index is 11.5. The van der Waals surface area contributed by atoms with Crippen LogP contribution in [-0.4, -0.2) is 30.5 Å². The summed E-state index contributed by atoms with van der Waals surface area (Å²) < 4.78 is 11.3. The number of hydrogen-bond acceptors (Lipinski definition) is 4. The Morgan fingerprint density at radius 3 is 2.89 bits per heavy atom. The van der Waals surface area contributed by atoms with Gasteiger partial charge in [-0.15, -0.1) is 0 Å². The van der Waals surface area contributed by atoms with Gasteiger partial charge < -0.3 is 9.47 Å². The third kappa shape index (κ3) is 2.99. The summed E-state index contributed by atoms with van der Waals surface area (Å²) in [6, 6.07) is 5.47. The van der Waals surface area contributed by atoms with E-state index >= 15 is 0 Å². The SMILES string of the molecule is COc1c(OC2CCCSC2)cccc1C(C)=O. The van der Waals surface area contributed by atoms with E-state index in [0.29, 0.717) is 17.1 Å². The molecule has 18 heavy (non-hydrogen) atoms. The van der Waals surface area contributed by atoms with E-state index in [1.165, 1.54) is 19.1 Å². The van der Waals surface area contributed by atoms with Crippen LogP contribution in [0.2, 0.25) is 0 Å². The number of para-hydroxylation sites is 1. The topological polar surface area (TPSA) is 35.5 Å². The van der Waals surface area contributed by atoms with Crippen LogP contribution >= 0.6 is 11.8 Å². The molecule has 1 aliphatic heterocycles. The van der Waals surface area contributed by atoms with E-state index in [2.05, 4.69) is 0 Å². The summed E-state index contributed by atoms with van der Waals surface area (Å²) in [5.41, 5.74) is 0.582. The number of hydrogen-bond donors (Lipinski definition) is 0. The van der Waals surface area contributed by atoms with Crippen molar-refractivity contribution in [2.45, 2.75) is 25.9 Å². The van der Waals surface area contributed by atoms with E-state index in [1.807, 2.05) is 23.9 Å². The molecule has 1 fully saturated rings. The Bertz CT molecular complexity index is 425. The molecule has 0 saturated carbocycles. The van der Waals surface area contributed by atoms with E-state index in [9.17, 15) is 4.79 Å². The van der Waals surface area contributed by atoms with Crippen LogP contribution in [0.5, 0.6) is 11.5 Å². The first-order chi connectivity index (χ1) is 8.72. The number of ketones is 1. The second-order valence-corrected chi connectivity index (χ2v) is 5.50. The Morgan fingerprint density at radius 1 is 1.44 bits per heavy atom. The third-order valence-corrected chi connectivity index (χ3v) is 4.16. The van der Waals surface area contributed by atoms with Crippen molar-refractivity contribution >= 4 is 17.5 Å². The first-order valence-corrected chi connectivity index (χ1v) is 7.30. The summed E-state index contributed by atoms with van der Waals surface area (Å²) in [6.07, 6.45) is 2.48. The van der Waals surface area contributed by atoms with Gasteiger partial charge in [-0.2, -0.15) is 11.8 Å². The average molecular weight is 266 g/mol. The molecule has 3 nitrogen and oxygen atoms in total. The van der Waals surface area contributed by atoms with Gasteiger partial charge in [0.05, 0.1) is 12.7 Å². The van der Waals surface area contributed by atoms with Gasteiger partial charge in [0, 0.05) is 5.75 Å². The first-order valence-electron chi connectivity index (χ1n) is 6.14. The quantitative estimate of drug-likeness (QED) is 0.784. The standard InChI is InChI=1S/C14H18O3S/c1-10(15)12-6-3-7-13(14(12)16-2)17-11-5-4-8-18-9-11/h3,6-7,11H,4-5,8-9H2,1-2H3. The second kappa shape index (κ2) is 6.14. The third-order valence-electron chi connectivity index (χ3n) is 2.97. The van der Waals surface area contributed by atoms with Gasteiger partial charge in [-0.25, -0.2) is 0 Å². The number of carbonyl (C=O) groups excluding carboxylic acids is 1. The fourth-order valence-electron chi connectivity index (χ4n) is 2.08. The number of benzene rings is 1. The highest BCUT2D eigenvalue weighted by Crippen LogP contribution is 2.33. The molecule has 0 amide bonds. The average Bonchev–Trinajstić information content (AvgIpc) is 2.39. The smallest absolute Gasteiger partial charge is 0.171 e. The monoisotopic (exact) mass is 266 g/mol. The molecule has 0 aromatic heterocycles.